The zero-order chi connectivity index (χ0) is 17.0. The van der Waals surface area contributed by atoms with Gasteiger partial charge in [0.25, 0.3) is 0 Å². The molecule has 23 heavy (non-hydrogen) atoms. The van der Waals surface area contributed by atoms with Crippen LogP contribution in [0.5, 0.6) is 5.88 Å². The third-order valence-corrected chi connectivity index (χ3v) is 4.45. The normalized spacial score (nSPS) is 10.8. The maximum Gasteiger partial charge on any atom is 0.223 e. The van der Waals surface area contributed by atoms with Crippen LogP contribution in [0.4, 0.5) is 0 Å². The average molecular weight is 420 g/mol. The number of ketones is 1. The summed E-state index contributed by atoms with van der Waals surface area (Å²) in [5.41, 5.74) is 1.44. The Labute approximate surface area is 153 Å². The van der Waals surface area contributed by atoms with Gasteiger partial charge in [-0.15, -0.1) is 0 Å². The average Bonchev–Trinajstić information content (AvgIpc) is 2.77. The van der Waals surface area contributed by atoms with Crippen LogP contribution < -0.4 is 4.74 Å². The van der Waals surface area contributed by atoms with Crippen molar-refractivity contribution in [2.45, 2.75) is 19.8 Å². The number of ether oxygens (including phenoxy) is 1. The largest absolute Gasteiger partial charge is 0.477 e. The lowest BCUT2D eigenvalue weighted by Gasteiger charge is -2.09. The number of unbranched alkanes of at least 4 members (excludes halogenated alkanes) is 1. The molecule has 0 saturated heterocycles. The molecule has 1 heterocycles. The van der Waals surface area contributed by atoms with Crippen LogP contribution in [0.1, 0.15) is 34.5 Å². The zero-order valence-electron chi connectivity index (χ0n) is 12.9. The van der Waals surface area contributed by atoms with E-state index in [4.69, 9.17) is 27.9 Å². The second-order valence-electron chi connectivity index (χ2n) is 5.09. The molecule has 124 valence electrons. The molecule has 0 unspecified atom stereocenters. The lowest BCUT2D eigenvalue weighted by atomic mass is 10.0. The molecule has 0 aliphatic rings. The Bertz CT molecular complexity index is 716. The van der Waals surface area contributed by atoms with Crippen molar-refractivity contribution in [1.29, 1.82) is 0 Å². The number of nitrogens with zero attached hydrogens (tertiary/aromatic N) is 2. The summed E-state index contributed by atoms with van der Waals surface area (Å²) in [4.78, 5) is 12.9. The van der Waals surface area contributed by atoms with Crippen molar-refractivity contribution < 1.29 is 9.53 Å². The molecule has 1 aromatic carbocycles. The Morgan fingerprint density at radius 1 is 1.35 bits per heavy atom. The van der Waals surface area contributed by atoms with Crippen LogP contribution in [-0.2, 0) is 7.05 Å². The second-order valence-corrected chi connectivity index (χ2v) is 6.72. The highest BCUT2D eigenvalue weighted by atomic mass is 79.9. The minimum Gasteiger partial charge on any atom is -0.477 e. The van der Waals surface area contributed by atoms with Gasteiger partial charge in [-0.25, -0.2) is 4.68 Å². The first kappa shape index (κ1) is 18.3. The van der Waals surface area contributed by atoms with Gasteiger partial charge in [0.15, 0.2) is 0 Å². The molecule has 0 saturated carbocycles. The molecule has 0 N–H and O–H groups in total. The van der Waals surface area contributed by atoms with Crippen molar-refractivity contribution in [2.24, 2.45) is 7.05 Å². The summed E-state index contributed by atoms with van der Waals surface area (Å²) in [7, 11) is 1.76. The van der Waals surface area contributed by atoms with Crippen molar-refractivity contribution >= 4 is 44.9 Å². The van der Waals surface area contributed by atoms with Crippen molar-refractivity contribution in [3.8, 4) is 5.88 Å². The third kappa shape index (κ3) is 4.28. The minimum absolute atomic E-state index is 0.215. The van der Waals surface area contributed by atoms with Crippen LogP contribution in [0.3, 0.4) is 0 Å². The number of alkyl halides is 1. The summed E-state index contributed by atoms with van der Waals surface area (Å²) in [5, 5.41) is 6.02. The van der Waals surface area contributed by atoms with Gasteiger partial charge in [-0.05, 0) is 38.0 Å². The Morgan fingerprint density at radius 3 is 2.74 bits per heavy atom. The maximum atomic E-state index is 12.9. The third-order valence-electron chi connectivity index (χ3n) is 3.34. The van der Waals surface area contributed by atoms with Gasteiger partial charge in [0, 0.05) is 23.0 Å². The summed E-state index contributed by atoms with van der Waals surface area (Å²) in [6.07, 6.45) is 1.90. The van der Waals surface area contributed by atoms with E-state index < -0.39 is 0 Å². The van der Waals surface area contributed by atoms with Gasteiger partial charge in [-0.2, -0.15) is 5.10 Å². The fourth-order valence-electron chi connectivity index (χ4n) is 2.24. The summed E-state index contributed by atoms with van der Waals surface area (Å²) in [6.45, 7) is 2.31. The number of carbonyl (C=O) groups is 1. The van der Waals surface area contributed by atoms with E-state index in [0.29, 0.717) is 39.4 Å². The number of rotatable bonds is 7. The van der Waals surface area contributed by atoms with E-state index in [1.165, 1.54) is 0 Å². The topological polar surface area (TPSA) is 44.1 Å². The fourth-order valence-corrected chi connectivity index (χ4v) is 3.13. The van der Waals surface area contributed by atoms with Crippen LogP contribution in [0.15, 0.2) is 18.2 Å². The molecule has 7 heteroatoms. The molecule has 0 bridgehead atoms. The number of carbonyl (C=O) groups excluding carboxylic acids is 1. The number of halogens is 3. The number of aryl methyl sites for hydroxylation is 2. The Balaban J connectivity index is 2.32. The molecule has 2 aromatic rings. The quantitative estimate of drug-likeness (QED) is 0.367. The van der Waals surface area contributed by atoms with Gasteiger partial charge in [0.05, 0.1) is 17.3 Å². The van der Waals surface area contributed by atoms with Crippen molar-refractivity contribution in [3.63, 3.8) is 0 Å². The summed E-state index contributed by atoms with van der Waals surface area (Å²) < 4.78 is 7.37. The number of benzene rings is 1. The highest BCUT2D eigenvalue weighted by molar-refractivity contribution is 9.09. The minimum atomic E-state index is -0.215. The molecule has 0 amide bonds. The van der Waals surface area contributed by atoms with Crippen LogP contribution >= 0.6 is 39.1 Å². The van der Waals surface area contributed by atoms with E-state index >= 15 is 0 Å². The van der Waals surface area contributed by atoms with Crippen LogP contribution in [0.25, 0.3) is 0 Å². The van der Waals surface area contributed by atoms with E-state index in [-0.39, 0.29) is 5.78 Å². The van der Waals surface area contributed by atoms with E-state index in [1.54, 1.807) is 36.9 Å². The molecule has 0 atom stereocenters. The molecular formula is C16H17BrCl2N2O2. The van der Waals surface area contributed by atoms with Gasteiger partial charge in [-0.1, -0.05) is 39.1 Å². The standard InChI is InChI=1S/C16H17BrCl2N2O2/c1-10-14(15(22)12-6-5-11(18)9-13(12)19)16(21(2)20-10)23-8-4-3-7-17/h5-6,9H,3-4,7-8H2,1-2H3. The van der Waals surface area contributed by atoms with E-state index in [2.05, 4.69) is 21.0 Å². The number of hydrogen-bond acceptors (Lipinski definition) is 3. The van der Waals surface area contributed by atoms with E-state index in [0.717, 1.165) is 18.2 Å². The first-order chi connectivity index (χ1) is 11.0. The van der Waals surface area contributed by atoms with Crippen molar-refractivity contribution in [2.75, 3.05) is 11.9 Å². The predicted molar refractivity (Wildman–Crippen MR) is 96.4 cm³/mol. The molecule has 0 fully saturated rings. The molecule has 1 aromatic heterocycles. The monoisotopic (exact) mass is 418 g/mol. The Morgan fingerprint density at radius 2 is 2.09 bits per heavy atom. The van der Waals surface area contributed by atoms with Crippen molar-refractivity contribution in [1.82, 2.24) is 9.78 Å². The molecule has 0 aliphatic heterocycles. The highest BCUT2D eigenvalue weighted by Gasteiger charge is 2.24. The van der Waals surface area contributed by atoms with Gasteiger partial charge in [-0.3, -0.25) is 4.79 Å². The van der Waals surface area contributed by atoms with Gasteiger partial charge in [0.1, 0.15) is 5.56 Å². The maximum absolute atomic E-state index is 12.9. The molecule has 4 nitrogen and oxygen atoms in total. The Hall–Kier alpha value is -1.04. The molecule has 2 rings (SSSR count). The zero-order valence-corrected chi connectivity index (χ0v) is 16.0. The van der Waals surface area contributed by atoms with E-state index in [1.807, 2.05) is 0 Å². The number of hydrogen-bond donors (Lipinski definition) is 0. The highest BCUT2D eigenvalue weighted by Crippen LogP contribution is 2.29. The molecule has 0 radical (unpaired) electrons. The molecule has 0 aliphatic carbocycles. The van der Waals surface area contributed by atoms with Crippen LogP contribution in [0.2, 0.25) is 10.0 Å². The fraction of sp³-hybridized carbons (Fsp3) is 0.375. The number of aromatic nitrogens is 2. The summed E-state index contributed by atoms with van der Waals surface area (Å²) in [6, 6.07) is 4.82. The Kier molecular flexibility index (Phi) is 6.50. The van der Waals surface area contributed by atoms with Crippen LogP contribution in [-0.4, -0.2) is 27.5 Å². The second kappa shape index (κ2) is 8.18. The first-order valence-corrected chi connectivity index (χ1v) is 9.05. The first-order valence-electron chi connectivity index (χ1n) is 7.17. The SMILES string of the molecule is Cc1nn(C)c(OCCCCBr)c1C(=O)c1ccc(Cl)cc1Cl. The van der Waals surface area contributed by atoms with Gasteiger partial charge >= 0.3 is 0 Å². The lowest BCUT2D eigenvalue weighted by molar-refractivity contribution is 0.103. The van der Waals surface area contributed by atoms with Gasteiger partial charge in [0.2, 0.25) is 11.7 Å². The van der Waals surface area contributed by atoms with E-state index in [9.17, 15) is 4.79 Å². The lowest BCUT2D eigenvalue weighted by Crippen LogP contribution is -2.09. The smallest absolute Gasteiger partial charge is 0.223 e. The summed E-state index contributed by atoms with van der Waals surface area (Å²) >= 11 is 15.4. The molecule has 0 spiro atoms. The van der Waals surface area contributed by atoms with Crippen LogP contribution in [0, 0.1) is 6.92 Å². The summed E-state index contributed by atoms with van der Waals surface area (Å²) in [5.74, 6) is 0.251. The van der Waals surface area contributed by atoms with Crippen molar-refractivity contribution in [3.05, 3.63) is 45.1 Å². The molecular weight excluding hydrogens is 403 g/mol. The predicted octanol–water partition coefficient (Wildman–Crippen LogP) is 4.82. The van der Waals surface area contributed by atoms with Gasteiger partial charge < -0.3 is 4.74 Å².